The van der Waals surface area contributed by atoms with Crippen LogP contribution in [0.2, 0.25) is 0 Å². The molecule has 2 aromatic carbocycles. The third kappa shape index (κ3) is 8.65. The van der Waals surface area contributed by atoms with Gasteiger partial charge in [-0.3, -0.25) is 15.4 Å². The number of hydrogen-bond acceptors (Lipinski definition) is 8. The Bertz CT molecular complexity index is 1440. The van der Waals surface area contributed by atoms with E-state index in [0.29, 0.717) is 30.1 Å². The van der Waals surface area contributed by atoms with Crippen molar-refractivity contribution in [2.45, 2.75) is 37.4 Å². The molecule has 3 aromatic rings. The molecule has 0 bridgehead atoms. The van der Waals surface area contributed by atoms with Crippen molar-refractivity contribution in [2.75, 3.05) is 24.7 Å². The van der Waals surface area contributed by atoms with Crippen LogP contribution in [-0.4, -0.2) is 66.4 Å². The molecule has 0 spiro atoms. The van der Waals surface area contributed by atoms with Gasteiger partial charge in [-0.2, -0.15) is 0 Å². The van der Waals surface area contributed by atoms with Gasteiger partial charge in [-0.15, -0.1) is 11.3 Å². The predicted octanol–water partition coefficient (Wildman–Crippen LogP) is 2.96. The Balaban J connectivity index is 1.72. The van der Waals surface area contributed by atoms with Gasteiger partial charge in [0, 0.05) is 38.0 Å². The molecule has 1 heterocycles. The van der Waals surface area contributed by atoms with Gasteiger partial charge in [-0.05, 0) is 48.2 Å². The number of thiazole rings is 1. The monoisotopic (exact) mass is 590 g/mol. The van der Waals surface area contributed by atoms with E-state index in [4.69, 9.17) is 10.2 Å². The molecule has 40 heavy (non-hydrogen) atoms. The quantitative estimate of drug-likeness (QED) is 0.172. The maximum atomic E-state index is 12.4. The minimum atomic E-state index is -3.53. The van der Waals surface area contributed by atoms with Crippen molar-refractivity contribution in [3.05, 3.63) is 70.2 Å². The van der Waals surface area contributed by atoms with Crippen molar-refractivity contribution in [1.29, 1.82) is 0 Å². The van der Waals surface area contributed by atoms with Crippen molar-refractivity contribution < 1.29 is 33.0 Å². The van der Waals surface area contributed by atoms with Crippen LogP contribution in [0, 0.1) is 0 Å². The lowest BCUT2D eigenvalue weighted by atomic mass is 10.0. The highest BCUT2D eigenvalue weighted by Crippen LogP contribution is 2.28. The van der Waals surface area contributed by atoms with Crippen molar-refractivity contribution in [2.24, 2.45) is 0 Å². The second-order valence-electron chi connectivity index (χ2n) is 8.85. The highest BCUT2D eigenvalue weighted by Gasteiger charge is 2.18. The number of nitrogens with zero attached hydrogens (tertiary/aromatic N) is 2. The standard InChI is InChI=1S/C25H30N6O7S2/c1-15(32)26-23-28-20(21(39-23)14-17-6-11-19(12-7-17)40(37,38)31(2)3)13-8-16-4-9-18(10-5-16)27-22(29-24(33)34)30-25(35)36/h4-7,9-12,22,27,29-30H,8,13-14H2,1-3H3,(H,33,34)(H,35,36)(H,26,28,32). The number of sulfonamides is 1. The first-order valence-electron chi connectivity index (χ1n) is 12.0. The van der Waals surface area contributed by atoms with E-state index in [1.165, 1.54) is 32.4 Å². The highest BCUT2D eigenvalue weighted by molar-refractivity contribution is 7.89. The molecule has 6 N–H and O–H groups in total. The minimum absolute atomic E-state index is 0.200. The Morgan fingerprint density at radius 2 is 1.50 bits per heavy atom. The number of carbonyl (C=O) groups is 3. The molecule has 0 unspecified atom stereocenters. The van der Waals surface area contributed by atoms with E-state index >= 15 is 0 Å². The largest absolute Gasteiger partial charge is 0.465 e. The Hall–Kier alpha value is -4.21. The molecule has 0 radical (unpaired) electrons. The molecular weight excluding hydrogens is 560 g/mol. The molecule has 0 aliphatic heterocycles. The normalized spacial score (nSPS) is 11.3. The Kier molecular flexibility index (Phi) is 10.0. The van der Waals surface area contributed by atoms with Crippen molar-refractivity contribution in [1.82, 2.24) is 19.9 Å². The molecule has 13 nitrogen and oxygen atoms in total. The van der Waals surface area contributed by atoms with E-state index < -0.39 is 28.5 Å². The van der Waals surface area contributed by atoms with Gasteiger partial charge in [0.15, 0.2) is 11.4 Å². The topological polar surface area (TPSA) is 190 Å². The number of anilines is 2. The highest BCUT2D eigenvalue weighted by atomic mass is 32.2. The second kappa shape index (κ2) is 13.2. The van der Waals surface area contributed by atoms with Gasteiger partial charge in [0.2, 0.25) is 15.9 Å². The predicted molar refractivity (Wildman–Crippen MR) is 150 cm³/mol. The SMILES string of the molecule is CC(=O)Nc1nc(CCc2ccc(NC(NC(=O)O)NC(=O)O)cc2)c(Cc2ccc(S(=O)(=O)N(C)C)cc2)s1. The van der Waals surface area contributed by atoms with Crippen LogP contribution >= 0.6 is 11.3 Å². The fourth-order valence-corrected chi connectivity index (χ4v) is 5.64. The average molecular weight is 591 g/mol. The molecule has 1 aromatic heterocycles. The number of hydrogen-bond donors (Lipinski definition) is 6. The molecule has 0 saturated carbocycles. The molecule has 0 fully saturated rings. The molecule has 0 aliphatic rings. The zero-order valence-electron chi connectivity index (χ0n) is 22.0. The van der Waals surface area contributed by atoms with Gasteiger partial charge >= 0.3 is 12.2 Å². The Morgan fingerprint density at radius 1 is 0.925 bits per heavy atom. The van der Waals surface area contributed by atoms with E-state index in [-0.39, 0.29) is 10.8 Å². The van der Waals surface area contributed by atoms with E-state index in [2.05, 4.69) is 15.6 Å². The number of benzene rings is 2. The zero-order valence-corrected chi connectivity index (χ0v) is 23.6. The first-order valence-corrected chi connectivity index (χ1v) is 14.2. The van der Waals surface area contributed by atoms with E-state index in [9.17, 15) is 22.8 Å². The average Bonchev–Trinajstić information content (AvgIpc) is 3.23. The van der Waals surface area contributed by atoms with Gasteiger partial charge in [0.1, 0.15) is 0 Å². The van der Waals surface area contributed by atoms with Gasteiger partial charge in [0.25, 0.3) is 0 Å². The smallest absolute Gasteiger partial charge is 0.407 e. The number of nitrogens with one attached hydrogen (secondary N) is 4. The summed E-state index contributed by atoms with van der Waals surface area (Å²) in [5, 5.41) is 27.8. The van der Waals surface area contributed by atoms with E-state index in [1.807, 2.05) is 22.8 Å². The van der Waals surface area contributed by atoms with Gasteiger partial charge in [0.05, 0.1) is 10.6 Å². The summed E-state index contributed by atoms with van der Waals surface area (Å²) in [6.45, 7) is 1.41. The summed E-state index contributed by atoms with van der Waals surface area (Å²) in [6, 6.07) is 13.7. The summed E-state index contributed by atoms with van der Waals surface area (Å²) in [5.74, 6) is -0.235. The molecule has 15 heteroatoms. The lowest BCUT2D eigenvalue weighted by Gasteiger charge is -2.19. The maximum absolute atomic E-state index is 12.4. The zero-order chi connectivity index (χ0) is 29.4. The van der Waals surface area contributed by atoms with Crippen LogP contribution in [0.4, 0.5) is 20.4 Å². The van der Waals surface area contributed by atoms with Crippen LogP contribution in [0.25, 0.3) is 0 Å². The minimum Gasteiger partial charge on any atom is -0.465 e. The molecule has 3 rings (SSSR count). The fraction of sp³-hybridized carbons (Fsp3) is 0.280. The van der Waals surface area contributed by atoms with Crippen molar-refractivity contribution in [3.8, 4) is 0 Å². The lowest BCUT2D eigenvalue weighted by Crippen LogP contribution is -2.52. The molecule has 214 valence electrons. The lowest BCUT2D eigenvalue weighted by molar-refractivity contribution is -0.114. The molecular formula is C25H30N6O7S2. The van der Waals surface area contributed by atoms with Gasteiger partial charge in [-0.1, -0.05) is 24.3 Å². The summed E-state index contributed by atoms with van der Waals surface area (Å²) in [5.41, 5.74) is 3.15. The number of carbonyl (C=O) groups excluding carboxylic acids is 1. The Morgan fingerprint density at radius 3 is 2.02 bits per heavy atom. The van der Waals surface area contributed by atoms with Crippen LogP contribution in [0.15, 0.2) is 53.4 Å². The third-order valence-electron chi connectivity index (χ3n) is 5.58. The number of carboxylic acid groups (broad SMARTS) is 2. The summed E-state index contributed by atoms with van der Waals surface area (Å²) in [4.78, 5) is 39.1. The molecule has 0 saturated heterocycles. The van der Waals surface area contributed by atoms with E-state index in [1.54, 1.807) is 36.4 Å². The fourth-order valence-electron chi connectivity index (χ4n) is 3.65. The maximum Gasteiger partial charge on any atom is 0.407 e. The van der Waals surface area contributed by atoms with Crippen molar-refractivity contribution in [3.63, 3.8) is 0 Å². The van der Waals surface area contributed by atoms with Crippen LogP contribution < -0.4 is 21.3 Å². The van der Waals surface area contributed by atoms with Gasteiger partial charge in [-0.25, -0.2) is 27.3 Å². The molecule has 0 atom stereocenters. The third-order valence-corrected chi connectivity index (χ3v) is 8.42. The summed E-state index contributed by atoms with van der Waals surface area (Å²) in [6.07, 6.45) is -2.34. The number of aryl methyl sites for hydroxylation is 2. The van der Waals surface area contributed by atoms with Crippen molar-refractivity contribution >= 4 is 50.3 Å². The summed E-state index contributed by atoms with van der Waals surface area (Å²) in [7, 11) is -0.578. The van der Waals surface area contributed by atoms with Crippen LogP contribution in [0.3, 0.4) is 0 Å². The first kappa shape index (κ1) is 30.3. The molecule has 0 aliphatic carbocycles. The van der Waals surface area contributed by atoms with Gasteiger partial charge < -0.3 is 20.8 Å². The van der Waals surface area contributed by atoms with Crippen LogP contribution in [0.1, 0.15) is 28.6 Å². The van der Waals surface area contributed by atoms with E-state index in [0.717, 1.165) is 26.0 Å². The number of rotatable bonds is 12. The van der Waals surface area contributed by atoms with Crippen LogP contribution in [-0.2, 0) is 34.1 Å². The summed E-state index contributed by atoms with van der Waals surface area (Å²) >= 11 is 1.36. The first-order chi connectivity index (χ1) is 18.8. The van der Waals surface area contributed by atoms with Crippen LogP contribution in [0.5, 0.6) is 0 Å². The Labute approximate surface area is 235 Å². The summed E-state index contributed by atoms with van der Waals surface area (Å²) < 4.78 is 25.9. The number of amides is 3. The second-order valence-corrected chi connectivity index (χ2v) is 12.1. The number of aromatic nitrogens is 1. The molecule has 3 amide bonds.